The zero-order chi connectivity index (χ0) is 16.7. The number of rotatable bonds is 6. The number of β-amino-alcohol motifs (C(OH)–C–C–N with tert-alkyl or cyclic N) is 2. The van der Waals surface area contributed by atoms with Gasteiger partial charge in [-0.3, -0.25) is 14.7 Å². The Morgan fingerprint density at radius 2 is 1.39 bits per heavy atom. The summed E-state index contributed by atoms with van der Waals surface area (Å²) in [5, 5.41) is 27.6. The Morgan fingerprint density at radius 3 is 1.78 bits per heavy atom. The van der Waals surface area contributed by atoms with Gasteiger partial charge in [0.05, 0.1) is 24.4 Å². The van der Waals surface area contributed by atoms with Crippen LogP contribution in [0.4, 0.5) is 0 Å². The summed E-state index contributed by atoms with van der Waals surface area (Å²) >= 11 is 0. The first-order chi connectivity index (χ1) is 11.0. The Labute approximate surface area is 139 Å². The standard InChI is InChI=1S/C16H31N5O2/c1-14(22)11-19-5-6-20(12-15(2)23)8-10-21(9-7-19)13-16-3-4-17-18-16/h3,14-15,22-23H,4-13H2,1-2H3/t14-,15-/m0/s1. The van der Waals surface area contributed by atoms with Gasteiger partial charge in [0.2, 0.25) is 0 Å². The first-order valence-electron chi connectivity index (χ1n) is 8.62. The lowest BCUT2D eigenvalue weighted by molar-refractivity contribution is 0.102. The van der Waals surface area contributed by atoms with Crippen LogP contribution in [0.3, 0.4) is 0 Å². The van der Waals surface area contributed by atoms with Crippen LogP contribution in [0.2, 0.25) is 0 Å². The third kappa shape index (κ3) is 7.05. The summed E-state index contributed by atoms with van der Waals surface area (Å²) in [6, 6.07) is 0. The topological polar surface area (TPSA) is 74.9 Å². The highest BCUT2D eigenvalue weighted by Crippen LogP contribution is 2.10. The molecular weight excluding hydrogens is 294 g/mol. The predicted molar refractivity (Wildman–Crippen MR) is 90.5 cm³/mol. The molecule has 2 aliphatic rings. The van der Waals surface area contributed by atoms with E-state index in [1.807, 2.05) is 13.8 Å². The van der Waals surface area contributed by atoms with Gasteiger partial charge < -0.3 is 10.2 Å². The van der Waals surface area contributed by atoms with Gasteiger partial charge >= 0.3 is 0 Å². The fourth-order valence-electron chi connectivity index (χ4n) is 3.10. The smallest absolute Gasteiger partial charge is 0.0805 e. The molecule has 0 radical (unpaired) electrons. The zero-order valence-electron chi connectivity index (χ0n) is 14.4. The van der Waals surface area contributed by atoms with Gasteiger partial charge in [0.15, 0.2) is 0 Å². The molecule has 0 spiro atoms. The van der Waals surface area contributed by atoms with Gasteiger partial charge in [0.1, 0.15) is 0 Å². The van der Waals surface area contributed by atoms with Crippen molar-refractivity contribution in [3.63, 3.8) is 0 Å². The van der Waals surface area contributed by atoms with E-state index in [0.29, 0.717) is 19.6 Å². The van der Waals surface area contributed by atoms with Gasteiger partial charge in [-0.25, -0.2) is 0 Å². The quantitative estimate of drug-likeness (QED) is 0.720. The van der Waals surface area contributed by atoms with Gasteiger partial charge in [-0.1, -0.05) is 0 Å². The van der Waals surface area contributed by atoms with E-state index in [1.165, 1.54) is 0 Å². The van der Waals surface area contributed by atoms with Gasteiger partial charge in [-0.2, -0.15) is 10.2 Å². The lowest BCUT2D eigenvalue weighted by Crippen LogP contribution is -2.41. The molecule has 7 heteroatoms. The molecule has 23 heavy (non-hydrogen) atoms. The van der Waals surface area contributed by atoms with E-state index in [2.05, 4.69) is 31.0 Å². The van der Waals surface area contributed by atoms with Crippen molar-refractivity contribution in [2.75, 3.05) is 65.4 Å². The molecule has 2 heterocycles. The van der Waals surface area contributed by atoms with Gasteiger partial charge in [0, 0.05) is 58.9 Å². The molecule has 132 valence electrons. The molecule has 0 bridgehead atoms. The summed E-state index contributed by atoms with van der Waals surface area (Å²) in [6.07, 6.45) is 1.44. The van der Waals surface area contributed by atoms with Crippen LogP contribution < -0.4 is 0 Å². The minimum absolute atomic E-state index is 0.319. The number of nitrogens with zero attached hydrogens (tertiary/aromatic N) is 5. The maximum atomic E-state index is 9.70. The fraction of sp³-hybridized carbons (Fsp3) is 0.875. The second-order valence-corrected chi connectivity index (χ2v) is 6.69. The lowest BCUT2D eigenvalue weighted by atomic mass is 10.3. The van der Waals surface area contributed by atoms with Crippen LogP contribution in [0.1, 0.15) is 13.8 Å². The summed E-state index contributed by atoms with van der Waals surface area (Å²) in [5.41, 5.74) is 1.05. The molecule has 2 aliphatic heterocycles. The largest absolute Gasteiger partial charge is 0.392 e. The highest BCUT2D eigenvalue weighted by Gasteiger charge is 2.19. The lowest BCUT2D eigenvalue weighted by Gasteiger charge is -2.27. The van der Waals surface area contributed by atoms with Crippen LogP contribution in [0.5, 0.6) is 0 Å². The van der Waals surface area contributed by atoms with Crippen molar-refractivity contribution in [1.29, 1.82) is 0 Å². The zero-order valence-corrected chi connectivity index (χ0v) is 14.4. The van der Waals surface area contributed by atoms with Gasteiger partial charge in [-0.05, 0) is 19.9 Å². The predicted octanol–water partition coefficient (Wildman–Crippen LogP) is 0.0173. The first kappa shape index (κ1) is 18.5. The fourth-order valence-corrected chi connectivity index (χ4v) is 3.10. The summed E-state index contributed by atoms with van der Waals surface area (Å²) in [7, 11) is 0. The van der Waals surface area contributed by atoms with Crippen molar-refractivity contribution in [3.8, 4) is 0 Å². The monoisotopic (exact) mass is 325 g/mol. The maximum absolute atomic E-state index is 9.70. The van der Waals surface area contributed by atoms with Crippen LogP contribution in [-0.4, -0.2) is 103 Å². The normalized spacial score (nSPS) is 24.8. The van der Waals surface area contributed by atoms with Gasteiger partial charge in [-0.15, -0.1) is 0 Å². The van der Waals surface area contributed by atoms with Gasteiger partial charge in [0.25, 0.3) is 0 Å². The molecule has 0 aromatic carbocycles. The minimum Gasteiger partial charge on any atom is -0.392 e. The Bertz CT molecular complexity index is 389. The van der Waals surface area contributed by atoms with E-state index < -0.39 is 0 Å². The molecule has 0 aromatic heterocycles. The molecule has 7 nitrogen and oxygen atoms in total. The molecule has 2 N–H and O–H groups in total. The van der Waals surface area contributed by atoms with Crippen molar-refractivity contribution in [3.05, 3.63) is 11.8 Å². The summed E-state index contributed by atoms with van der Waals surface area (Å²) in [6.45, 7) is 12.2. The van der Waals surface area contributed by atoms with Crippen molar-refractivity contribution in [2.24, 2.45) is 10.2 Å². The first-order valence-corrected chi connectivity index (χ1v) is 8.62. The van der Waals surface area contributed by atoms with Crippen LogP contribution in [0.15, 0.2) is 22.0 Å². The van der Waals surface area contributed by atoms with E-state index in [-0.39, 0.29) is 12.2 Å². The van der Waals surface area contributed by atoms with Crippen LogP contribution in [-0.2, 0) is 0 Å². The maximum Gasteiger partial charge on any atom is 0.0805 e. The number of hydrogen-bond acceptors (Lipinski definition) is 7. The van der Waals surface area contributed by atoms with Crippen LogP contribution in [0.25, 0.3) is 0 Å². The SMILES string of the molecule is C[C@H](O)CN1CCN(CC2=CCN=N2)CCN(C[C@H](C)O)CC1. The molecule has 2 atom stereocenters. The average molecular weight is 325 g/mol. The van der Waals surface area contributed by atoms with Crippen LogP contribution in [0, 0.1) is 0 Å². The Balaban J connectivity index is 1.96. The second-order valence-electron chi connectivity index (χ2n) is 6.69. The summed E-state index contributed by atoms with van der Waals surface area (Å²) in [5.74, 6) is 0. The number of hydrogen-bond donors (Lipinski definition) is 2. The minimum atomic E-state index is -0.319. The highest BCUT2D eigenvalue weighted by molar-refractivity contribution is 5.06. The molecule has 0 saturated carbocycles. The van der Waals surface area contributed by atoms with Crippen molar-refractivity contribution < 1.29 is 10.2 Å². The summed E-state index contributed by atoms with van der Waals surface area (Å²) in [4.78, 5) is 7.01. The molecule has 0 amide bonds. The third-order valence-electron chi connectivity index (χ3n) is 4.24. The molecule has 0 aliphatic carbocycles. The number of aliphatic hydroxyl groups is 2. The van der Waals surface area contributed by atoms with E-state index >= 15 is 0 Å². The Morgan fingerprint density at radius 1 is 0.913 bits per heavy atom. The van der Waals surface area contributed by atoms with E-state index in [0.717, 1.165) is 51.5 Å². The van der Waals surface area contributed by atoms with Crippen molar-refractivity contribution >= 4 is 0 Å². The molecular formula is C16H31N5O2. The second kappa shape index (κ2) is 9.44. The molecule has 1 fully saturated rings. The third-order valence-corrected chi connectivity index (χ3v) is 4.24. The van der Waals surface area contributed by atoms with E-state index in [4.69, 9.17) is 0 Å². The van der Waals surface area contributed by atoms with Crippen molar-refractivity contribution in [2.45, 2.75) is 26.1 Å². The highest BCUT2D eigenvalue weighted by atomic mass is 16.3. The number of aliphatic hydroxyl groups excluding tert-OH is 2. The summed E-state index contributed by atoms with van der Waals surface area (Å²) < 4.78 is 0. The van der Waals surface area contributed by atoms with E-state index in [1.54, 1.807) is 0 Å². The van der Waals surface area contributed by atoms with Crippen LogP contribution >= 0.6 is 0 Å². The molecule has 0 aromatic rings. The molecule has 2 rings (SSSR count). The Kier molecular flexibility index (Phi) is 7.58. The molecule has 1 saturated heterocycles. The molecule has 0 unspecified atom stereocenters. The number of azo groups is 1. The van der Waals surface area contributed by atoms with Crippen molar-refractivity contribution in [1.82, 2.24) is 14.7 Å². The average Bonchev–Trinajstić information content (AvgIpc) is 2.99. The van der Waals surface area contributed by atoms with E-state index in [9.17, 15) is 10.2 Å². The Hall–Kier alpha value is -0.860.